The monoisotopic (exact) mass is 231 g/mol. The van der Waals surface area contributed by atoms with E-state index in [2.05, 4.69) is 4.99 Å². The zero-order valence-electron chi connectivity index (χ0n) is 9.53. The van der Waals surface area contributed by atoms with Crippen molar-refractivity contribution in [2.75, 3.05) is 6.54 Å². The van der Waals surface area contributed by atoms with Gasteiger partial charge in [0.15, 0.2) is 0 Å². The van der Waals surface area contributed by atoms with Crippen molar-refractivity contribution >= 4 is 11.8 Å². The van der Waals surface area contributed by atoms with Gasteiger partial charge in [-0.2, -0.15) is 0 Å². The second-order valence-corrected chi connectivity index (χ2v) is 3.87. The van der Waals surface area contributed by atoms with Crippen LogP contribution in [0.5, 0.6) is 0 Å². The van der Waals surface area contributed by atoms with E-state index in [1.807, 2.05) is 0 Å². The van der Waals surface area contributed by atoms with Crippen LogP contribution in [0.25, 0.3) is 0 Å². The van der Waals surface area contributed by atoms with E-state index < -0.39 is 17.3 Å². The molecule has 0 aromatic rings. The molecule has 0 aromatic heterocycles. The maximum atomic E-state index is 13.0. The minimum atomic E-state index is -1.33. The fourth-order valence-corrected chi connectivity index (χ4v) is 0.900. The quantitative estimate of drug-likeness (QED) is 0.464. The highest BCUT2D eigenvalue weighted by molar-refractivity contribution is 5.78. The highest BCUT2D eigenvalue weighted by atomic mass is 19.1. The average molecular weight is 231 g/mol. The third-order valence-corrected chi connectivity index (χ3v) is 2.00. The van der Waals surface area contributed by atoms with Gasteiger partial charge in [0.1, 0.15) is 11.4 Å². The molecule has 0 unspecified atom stereocenters. The first-order chi connectivity index (χ1) is 7.25. The average Bonchev–Trinajstić information content (AvgIpc) is 2.14. The first kappa shape index (κ1) is 14.6. The van der Waals surface area contributed by atoms with Crippen LogP contribution in [0.4, 0.5) is 4.39 Å². The van der Waals surface area contributed by atoms with Crippen molar-refractivity contribution in [2.24, 2.45) is 16.5 Å². The molecule has 5 N–H and O–H groups in total. The Labute approximate surface area is 94.0 Å². The highest BCUT2D eigenvalue weighted by Gasteiger charge is 2.26. The molecule has 0 bridgehead atoms. The summed E-state index contributed by atoms with van der Waals surface area (Å²) >= 11 is 0. The number of nitrogens with two attached hydrogens (primary N) is 2. The topological polar surface area (TPSA) is 102 Å². The summed E-state index contributed by atoms with van der Waals surface area (Å²) < 4.78 is 13.0. The van der Waals surface area contributed by atoms with Crippen LogP contribution >= 0.6 is 0 Å². The molecule has 0 radical (unpaired) electrons. The number of aliphatic carboxylic acids is 1. The zero-order valence-corrected chi connectivity index (χ0v) is 9.53. The number of rotatable bonds is 6. The van der Waals surface area contributed by atoms with Crippen LogP contribution in [-0.2, 0) is 4.79 Å². The van der Waals surface area contributed by atoms with Crippen molar-refractivity contribution in [3.05, 3.63) is 11.9 Å². The Hall–Kier alpha value is -1.43. The van der Waals surface area contributed by atoms with Crippen molar-refractivity contribution in [3.8, 4) is 0 Å². The predicted molar refractivity (Wildman–Crippen MR) is 60.8 cm³/mol. The van der Waals surface area contributed by atoms with Gasteiger partial charge >= 0.3 is 5.97 Å². The number of carboxylic acid groups (broad SMARTS) is 1. The normalized spacial score (nSPS) is 17.0. The zero-order chi connectivity index (χ0) is 12.8. The maximum absolute atomic E-state index is 13.0. The summed E-state index contributed by atoms with van der Waals surface area (Å²) in [4.78, 5) is 14.3. The molecule has 16 heavy (non-hydrogen) atoms. The summed E-state index contributed by atoms with van der Waals surface area (Å²) in [5.41, 5.74) is 9.38. The number of aliphatic imine (C=N–C) groups is 1. The lowest BCUT2D eigenvalue weighted by atomic mass is 9.97. The van der Waals surface area contributed by atoms with Crippen LogP contribution in [0.2, 0.25) is 0 Å². The molecule has 1 atom stereocenters. The van der Waals surface area contributed by atoms with Crippen LogP contribution in [0.15, 0.2) is 16.9 Å². The van der Waals surface area contributed by atoms with Gasteiger partial charge in [0, 0.05) is 0 Å². The van der Waals surface area contributed by atoms with Gasteiger partial charge in [0.25, 0.3) is 0 Å². The number of hydrogen-bond acceptors (Lipinski definition) is 3. The highest BCUT2D eigenvalue weighted by Crippen LogP contribution is 2.11. The Balaban J connectivity index is 4.10. The minimum Gasteiger partial charge on any atom is -0.480 e. The van der Waals surface area contributed by atoms with Crippen LogP contribution in [0.3, 0.4) is 0 Å². The van der Waals surface area contributed by atoms with Gasteiger partial charge in [-0.15, -0.1) is 0 Å². The van der Waals surface area contributed by atoms with Crippen LogP contribution in [-0.4, -0.2) is 29.0 Å². The van der Waals surface area contributed by atoms with Crippen molar-refractivity contribution < 1.29 is 14.3 Å². The van der Waals surface area contributed by atoms with E-state index in [0.717, 1.165) is 0 Å². The lowest BCUT2D eigenvalue weighted by Gasteiger charge is -2.17. The number of carboxylic acids is 1. The van der Waals surface area contributed by atoms with Gasteiger partial charge in [-0.25, -0.2) is 4.39 Å². The number of hydrogen-bond donors (Lipinski definition) is 3. The van der Waals surface area contributed by atoms with E-state index in [1.165, 1.54) is 13.0 Å². The lowest BCUT2D eigenvalue weighted by Crippen LogP contribution is -2.44. The SMILES string of the molecule is CC(N)=NCC(F)=CCC[C@](C)(N)C(=O)O. The van der Waals surface area contributed by atoms with E-state index in [1.54, 1.807) is 6.92 Å². The summed E-state index contributed by atoms with van der Waals surface area (Å²) in [7, 11) is 0. The van der Waals surface area contributed by atoms with E-state index in [0.29, 0.717) is 5.84 Å². The molecule has 0 aliphatic heterocycles. The van der Waals surface area contributed by atoms with Crippen LogP contribution < -0.4 is 11.5 Å². The van der Waals surface area contributed by atoms with Crippen LogP contribution in [0.1, 0.15) is 26.7 Å². The second kappa shape index (κ2) is 6.22. The molecule has 0 heterocycles. The van der Waals surface area contributed by atoms with E-state index in [9.17, 15) is 9.18 Å². The first-order valence-corrected chi connectivity index (χ1v) is 4.89. The largest absolute Gasteiger partial charge is 0.480 e. The molecule has 92 valence electrons. The number of amidine groups is 1. The Kier molecular flexibility index (Phi) is 5.66. The number of halogens is 1. The molecule has 0 amide bonds. The summed E-state index contributed by atoms with van der Waals surface area (Å²) in [6.45, 7) is 2.84. The number of nitrogens with zero attached hydrogens (tertiary/aromatic N) is 1. The molecule has 0 saturated carbocycles. The molecule has 5 nitrogen and oxygen atoms in total. The fourth-order valence-electron chi connectivity index (χ4n) is 0.900. The Morgan fingerprint density at radius 3 is 2.62 bits per heavy atom. The molecule has 0 aromatic carbocycles. The van der Waals surface area contributed by atoms with Gasteiger partial charge in [0.2, 0.25) is 0 Å². The van der Waals surface area contributed by atoms with Crippen molar-refractivity contribution in [2.45, 2.75) is 32.2 Å². The molecular weight excluding hydrogens is 213 g/mol. The number of carbonyl (C=O) groups is 1. The fraction of sp³-hybridized carbons (Fsp3) is 0.600. The van der Waals surface area contributed by atoms with E-state index in [4.69, 9.17) is 16.6 Å². The summed E-state index contributed by atoms with van der Waals surface area (Å²) in [6.07, 6.45) is 1.70. The van der Waals surface area contributed by atoms with E-state index in [-0.39, 0.29) is 19.4 Å². The minimum absolute atomic E-state index is 0.114. The van der Waals surface area contributed by atoms with Gasteiger partial charge in [0.05, 0.1) is 12.4 Å². The second-order valence-electron chi connectivity index (χ2n) is 3.87. The van der Waals surface area contributed by atoms with E-state index >= 15 is 0 Å². The third kappa shape index (κ3) is 6.13. The maximum Gasteiger partial charge on any atom is 0.323 e. The Bertz CT molecular complexity index is 307. The summed E-state index contributed by atoms with van der Waals surface area (Å²) in [5, 5.41) is 8.70. The smallest absolute Gasteiger partial charge is 0.323 e. The molecule has 6 heteroatoms. The van der Waals surface area contributed by atoms with Crippen LogP contribution in [0, 0.1) is 0 Å². The van der Waals surface area contributed by atoms with Gasteiger partial charge in [-0.3, -0.25) is 9.79 Å². The Morgan fingerprint density at radius 2 is 2.19 bits per heavy atom. The Morgan fingerprint density at radius 1 is 1.62 bits per heavy atom. The van der Waals surface area contributed by atoms with Crippen molar-refractivity contribution in [1.29, 1.82) is 0 Å². The molecular formula is C10H18FN3O2. The summed E-state index contributed by atoms with van der Waals surface area (Å²) in [6, 6.07) is 0. The van der Waals surface area contributed by atoms with Crippen molar-refractivity contribution in [1.82, 2.24) is 0 Å². The lowest BCUT2D eigenvalue weighted by molar-refractivity contribution is -0.142. The molecule has 0 saturated heterocycles. The molecule has 0 spiro atoms. The van der Waals surface area contributed by atoms with Gasteiger partial charge < -0.3 is 16.6 Å². The van der Waals surface area contributed by atoms with Gasteiger partial charge in [-0.1, -0.05) is 6.08 Å². The first-order valence-electron chi connectivity index (χ1n) is 4.89. The molecule has 0 rings (SSSR count). The predicted octanol–water partition coefficient (Wildman–Crippen LogP) is 0.799. The molecule has 0 fully saturated rings. The van der Waals surface area contributed by atoms with Gasteiger partial charge in [-0.05, 0) is 26.7 Å². The third-order valence-electron chi connectivity index (χ3n) is 2.00. The summed E-state index contributed by atoms with van der Waals surface area (Å²) in [5.74, 6) is -1.24. The molecule has 0 aliphatic rings. The number of allylic oxidation sites excluding steroid dienone is 1. The van der Waals surface area contributed by atoms with Crippen molar-refractivity contribution in [3.63, 3.8) is 0 Å². The molecule has 0 aliphatic carbocycles. The standard InChI is InChI=1S/C10H18FN3O2/c1-7(12)14-6-8(11)4-3-5-10(2,13)9(15)16/h4H,3,5-6,13H2,1-2H3,(H2,12,14)(H,15,16)/t10-/m0/s1.